The monoisotopic (exact) mass is 615 g/mol. The van der Waals surface area contributed by atoms with Gasteiger partial charge < -0.3 is 36.6 Å². The number of hydrogen-bond donors (Lipinski definition) is 7. The van der Waals surface area contributed by atoms with E-state index >= 15 is 0 Å². The van der Waals surface area contributed by atoms with Crippen LogP contribution < -0.4 is 21.8 Å². The van der Waals surface area contributed by atoms with Gasteiger partial charge in [-0.3, -0.25) is 23.7 Å². The normalized spacial score (nSPS) is 20.0. The Hall–Kier alpha value is -4.76. The second-order valence-corrected chi connectivity index (χ2v) is 11.0. The number of carbonyl (C=O) groups is 4. The molecular weight excluding hydrogens is 594 g/mol. The number of anilines is 1. The fraction of sp³-hybridized carbons (Fsp3) is 0.350. The van der Waals surface area contributed by atoms with E-state index in [4.69, 9.17) is 10.6 Å². The maximum atomic E-state index is 13.2. The predicted octanol–water partition coefficient (Wildman–Crippen LogP) is -2.51. The molecule has 21 heteroatoms. The zero-order valence-electron chi connectivity index (χ0n) is 20.5. The number of carboxylic acids is 1. The van der Waals surface area contributed by atoms with Gasteiger partial charge in [-0.05, 0) is 6.42 Å². The molecule has 2 aliphatic rings. The molecule has 41 heavy (non-hydrogen) atoms. The van der Waals surface area contributed by atoms with Gasteiger partial charge >= 0.3 is 16.3 Å². The number of β-lactam (4-membered cyclic amide) rings is 1. The minimum Gasteiger partial charge on any atom is -0.503 e. The van der Waals surface area contributed by atoms with Gasteiger partial charge in [-0.25, -0.2) is 14.1 Å². The van der Waals surface area contributed by atoms with Crippen molar-refractivity contribution in [2.45, 2.75) is 36.9 Å². The lowest BCUT2D eigenvalue weighted by molar-refractivity contribution is -0.178. The molecule has 3 heterocycles. The molecule has 0 aromatic carbocycles. The van der Waals surface area contributed by atoms with E-state index in [-0.39, 0.29) is 32.7 Å². The van der Waals surface area contributed by atoms with Gasteiger partial charge in [0.25, 0.3) is 17.7 Å². The van der Waals surface area contributed by atoms with E-state index in [1.165, 1.54) is 5.38 Å². The van der Waals surface area contributed by atoms with Crippen LogP contribution in [0.2, 0.25) is 0 Å². The molecular formula is C20H21N7O12S2. The molecule has 220 valence electrons. The van der Waals surface area contributed by atoms with Crippen LogP contribution in [0.15, 0.2) is 27.6 Å². The third kappa shape index (κ3) is 5.62. The standard InChI is InChI=1S/C20H21N7O12S2/c21-19-23-8(7-40-19)13(25-39-20(18(33)34)2-1-3-20)16(31)24-14-10(27(17(14)32)41(36,37)38)5-22-15(30)9-4-11(28)12(29)6-26(9)35/h4,6-7,10,14,29,35H,1-3,5H2,(H2,21,23)(H,22,30)(H,24,31)(H,33,34)(H,36,37,38)/b25-13-/t10-,14+/m1/s1. The molecule has 1 aliphatic heterocycles. The number of aromatic hydroxyl groups is 1. The summed E-state index contributed by atoms with van der Waals surface area (Å²) < 4.78 is 33.2. The number of aromatic nitrogens is 2. The maximum Gasteiger partial charge on any atom is 0.362 e. The number of amides is 3. The predicted molar refractivity (Wildman–Crippen MR) is 134 cm³/mol. The van der Waals surface area contributed by atoms with E-state index in [9.17, 15) is 52.4 Å². The highest BCUT2D eigenvalue weighted by molar-refractivity contribution is 7.84. The Bertz CT molecular complexity index is 1630. The number of nitrogens with zero attached hydrogens (tertiary/aromatic N) is 4. The molecule has 0 unspecified atom stereocenters. The van der Waals surface area contributed by atoms with Crippen LogP contribution in [-0.4, -0.2) is 96.0 Å². The number of aliphatic carboxylic acids is 1. The molecule has 3 amide bonds. The lowest BCUT2D eigenvalue weighted by Crippen LogP contribution is -2.74. The Morgan fingerprint density at radius 2 is 1.98 bits per heavy atom. The summed E-state index contributed by atoms with van der Waals surface area (Å²) in [4.78, 5) is 70.6. The van der Waals surface area contributed by atoms with Gasteiger partial charge in [-0.2, -0.15) is 13.1 Å². The summed E-state index contributed by atoms with van der Waals surface area (Å²) in [5, 5.41) is 37.9. The molecule has 0 spiro atoms. The maximum absolute atomic E-state index is 13.2. The quantitative estimate of drug-likeness (QED) is 0.0477. The van der Waals surface area contributed by atoms with Gasteiger partial charge in [0.05, 0.1) is 12.2 Å². The Morgan fingerprint density at radius 1 is 1.29 bits per heavy atom. The lowest BCUT2D eigenvalue weighted by atomic mass is 9.80. The topological polar surface area (TPSA) is 293 Å². The molecule has 1 saturated heterocycles. The van der Waals surface area contributed by atoms with Crippen molar-refractivity contribution in [2.24, 2.45) is 5.16 Å². The van der Waals surface area contributed by atoms with Gasteiger partial charge in [0.15, 0.2) is 16.6 Å². The Morgan fingerprint density at radius 3 is 2.51 bits per heavy atom. The molecule has 2 aromatic rings. The number of hydrogen-bond acceptors (Lipinski definition) is 14. The summed E-state index contributed by atoms with van der Waals surface area (Å²) in [7, 11) is -5.17. The van der Waals surface area contributed by atoms with E-state index in [0.29, 0.717) is 18.7 Å². The highest BCUT2D eigenvalue weighted by Gasteiger charge is 2.54. The molecule has 19 nitrogen and oxygen atoms in total. The van der Waals surface area contributed by atoms with Crippen LogP contribution in [0.3, 0.4) is 0 Å². The van der Waals surface area contributed by atoms with Crippen molar-refractivity contribution in [1.29, 1.82) is 0 Å². The van der Waals surface area contributed by atoms with Crippen LogP contribution in [0.25, 0.3) is 0 Å². The van der Waals surface area contributed by atoms with Crippen molar-refractivity contribution in [3.63, 3.8) is 0 Å². The molecule has 2 atom stereocenters. The van der Waals surface area contributed by atoms with Crippen LogP contribution in [0.4, 0.5) is 5.13 Å². The summed E-state index contributed by atoms with van der Waals surface area (Å²) in [6, 6.07) is -2.72. The van der Waals surface area contributed by atoms with Gasteiger partial charge in [0.2, 0.25) is 11.0 Å². The fourth-order valence-electron chi connectivity index (χ4n) is 3.92. The zero-order chi connectivity index (χ0) is 30.3. The Balaban J connectivity index is 1.56. The molecule has 2 fully saturated rings. The third-order valence-corrected chi connectivity index (χ3v) is 7.88. The smallest absolute Gasteiger partial charge is 0.362 e. The van der Waals surface area contributed by atoms with Crippen molar-refractivity contribution in [2.75, 3.05) is 12.3 Å². The Labute approximate surface area is 232 Å². The van der Waals surface area contributed by atoms with Gasteiger partial charge in [-0.15, -0.1) is 11.3 Å². The first kappa shape index (κ1) is 29.2. The van der Waals surface area contributed by atoms with Crippen LogP contribution >= 0.6 is 11.3 Å². The lowest BCUT2D eigenvalue weighted by Gasteiger charge is -2.44. The van der Waals surface area contributed by atoms with Crippen molar-refractivity contribution >= 4 is 56.2 Å². The number of carboxylic acid groups (broad SMARTS) is 1. The van der Waals surface area contributed by atoms with E-state index in [1.54, 1.807) is 0 Å². The number of nitrogen functional groups attached to an aromatic ring is 1. The number of nitrogens with two attached hydrogens (primary N) is 1. The van der Waals surface area contributed by atoms with Gasteiger partial charge in [-0.1, -0.05) is 5.16 Å². The molecule has 2 aromatic heterocycles. The van der Waals surface area contributed by atoms with Crippen molar-refractivity contribution < 1.29 is 52.4 Å². The second kappa shape index (κ2) is 10.7. The molecule has 1 saturated carbocycles. The van der Waals surface area contributed by atoms with Crippen LogP contribution in [0.5, 0.6) is 5.75 Å². The summed E-state index contributed by atoms with van der Waals surface area (Å²) in [5.74, 6) is -5.81. The first-order valence-corrected chi connectivity index (χ1v) is 13.7. The minimum atomic E-state index is -5.17. The summed E-state index contributed by atoms with van der Waals surface area (Å²) in [6.07, 6.45) is 1.27. The highest BCUT2D eigenvalue weighted by Crippen LogP contribution is 2.36. The number of carbonyl (C=O) groups excluding carboxylic acids is 3. The SMILES string of the molecule is Nc1nc(/C(=N/OC2(C(=O)O)CCC2)C(=O)N[C@@H]2C(=O)N(S(=O)(=O)O)[C@@H]2CNC(=O)c2cc(=O)c(O)cn2O)cs1. The highest BCUT2D eigenvalue weighted by atomic mass is 32.2. The van der Waals surface area contributed by atoms with E-state index in [2.05, 4.69) is 20.8 Å². The third-order valence-electron chi connectivity index (χ3n) is 6.26. The van der Waals surface area contributed by atoms with Crippen molar-refractivity contribution in [3.8, 4) is 5.75 Å². The van der Waals surface area contributed by atoms with E-state index in [1.807, 2.05) is 0 Å². The largest absolute Gasteiger partial charge is 0.503 e. The molecule has 1 aliphatic carbocycles. The number of pyridine rings is 1. The zero-order valence-corrected chi connectivity index (χ0v) is 22.1. The van der Waals surface area contributed by atoms with Gasteiger partial charge in [0, 0.05) is 30.8 Å². The van der Waals surface area contributed by atoms with Crippen molar-refractivity contribution in [3.05, 3.63) is 39.3 Å². The number of nitrogens with one attached hydrogen (secondary N) is 2. The van der Waals surface area contributed by atoms with Crippen LogP contribution in [0.1, 0.15) is 35.4 Å². The van der Waals surface area contributed by atoms with Crippen LogP contribution in [-0.2, 0) is 29.5 Å². The summed E-state index contributed by atoms with van der Waals surface area (Å²) >= 11 is 0.904. The average Bonchev–Trinajstić information content (AvgIpc) is 3.28. The van der Waals surface area contributed by atoms with Crippen LogP contribution in [0, 0.1) is 0 Å². The molecule has 4 rings (SSSR count). The Kier molecular flexibility index (Phi) is 7.60. The first-order chi connectivity index (χ1) is 19.1. The number of oxime groups is 1. The first-order valence-electron chi connectivity index (χ1n) is 11.4. The molecule has 0 radical (unpaired) electrons. The number of thiazole rings is 1. The number of rotatable bonds is 10. The second-order valence-electron chi connectivity index (χ2n) is 8.85. The summed E-state index contributed by atoms with van der Waals surface area (Å²) in [5.41, 5.74) is 1.49. The van der Waals surface area contributed by atoms with E-state index in [0.717, 1.165) is 11.3 Å². The average molecular weight is 616 g/mol. The fourth-order valence-corrected chi connectivity index (χ4v) is 5.35. The molecule has 8 N–H and O–H groups in total. The minimum absolute atomic E-state index is 0.00606. The van der Waals surface area contributed by atoms with Crippen molar-refractivity contribution in [1.82, 2.24) is 24.7 Å². The summed E-state index contributed by atoms with van der Waals surface area (Å²) in [6.45, 7) is -0.737. The van der Waals surface area contributed by atoms with Gasteiger partial charge in [0.1, 0.15) is 17.4 Å². The van der Waals surface area contributed by atoms with E-state index < -0.39 is 80.8 Å². The molecule has 0 bridgehead atoms.